The van der Waals surface area contributed by atoms with E-state index in [0.29, 0.717) is 0 Å². The Morgan fingerprint density at radius 2 is 2.00 bits per heavy atom. The highest BCUT2D eigenvalue weighted by Gasteiger charge is 2.05. The molecule has 1 aromatic heterocycles. The summed E-state index contributed by atoms with van der Waals surface area (Å²) in [5.74, 6) is -0.0610. The van der Waals surface area contributed by atoms with Crippen LogP contribution in [0.2, 0.25) is 0 Å². The number of carbonyl (C=O) groups is 1. The van der Waals surface area contributed by atoms with E-state index in [4.69, 9.17) is 5.11 Å². The van der Waals surface area contributed by atoms with Crippen LogP contribution in [0.15, 0.2) is 30.3 Å². The van der Waals surface area contributed by atoms with Crippen molar-refractivity contribution in [2.45, 2.75) is 0 Å². The van der Waals surface area contributed by atoms with Gasteiger partial charge in [-0.2, -0.15) is 0 Å². The van der Waals surface area contributed by atoms with E-state index in [1.54, 1.807) is 18.2 Å². The first kappa shape index (κ1) is 10.4. The Balaban J connectivity index is 2.57. The lowest BCUT2D eigenvalue weighted by Gasteiger charge is -2.11. The molecule has 0 atom stereocenters. The molecule has 4 heteroatoms. The molecule has 1 N–H and O–H groups in total. The lowest BCUT2D eigenvalue weighted by atomic mass is 10.1. The number of aromatic nitrogens is 1. The minimum atomic E-state index is -0.918. The lowest BCUT2D eigenvalue weighted by molar-refractivity contribution is 0.0697. The number of benzene rings is 1. The average molecular weight is 216 g/mol. The minimum absolute atomic E-state index is 0.284. The Bertz CT molecular complexity index is 550. The SMILES string of the molecule is CN(C)c1ccc2cc(C(=O)O)ccc2n1. The Hall–Kier alpha value is -2.10. The fraction of sp³-hybridized carbons (Fsp3) is 0.167. The zero-order chi connectivity index (χ0) is 11.7. The summed E-state index contributed by atoms with van der Waals surface area (Å²) in [6.45, 7) is 0. The van der Waals surface area contributed by atoms with Gasteiger partial charge in [0, 0.05) is 19.5 Å². The van der Waals surface area contributed by atoms with E-state index in [0.717, 1.165) is 16.7 Å². The van der Waals surface area contributed by atoms with Crippen LogP contribution in [0.1, 0.15) is 10.4 Å². The summed E-state index contributed by atoms with van der Waals surface area (Å²) in [7, 11) is 3.83. The Kier molecular flexibility index (Phi) is 2.48. The van der Waals surface area contributed by atoms with Gasteiger partial charge in [0.1, 0.15) is 5.82 Å². The topological polar surface area (TPSA) is 53.4 Å². The van der Waals surface area contributed by atoms with Crippen LogP contribution < -0.4 is 4.90 Å². The normalized spacial score (nSPS) is 10.4. The molecule has 16 heavy (non-hydrogen) atoms. The van der Waals surface area contributed by atoms with Gasteiger partial charge in [-0.1, -0.05) is 0 Å². The number of aromatic carboxylic acids is 1. The molecule has 0 fully saturated rings. The number of nitrogens with zero attached hydrogens (tertiary/aromatic N) is 2. The maximum absolute atomic E-state index is 10.8. The molecule has 0 unspecified atom stereocenters. The number of carboxylic acids is 1. The van der Waals surface area contributed by atoms with Crippen molar-refractivity contribution in [1.82, 2.24) is 4.98 Å². The fourth-order valence-electron chi connectivity index (χ4n) is 1.50. The van der Waals surface area contributed by atoms with E-state index in [1.807, 2.05) is 31.1 Å². The third-order valence-electron chi connectivity index (χ3n) is 2.38. The second-order valence-corrected chi connectivity index (χ2v) is 3.78. The van der Waals surface area contributed by atoms with Crippen molar-refractivity contribution >= 4 is 22.7 Å². The first-order chi connectivity index (χ1) is 7.58. The number of fused-ring (bicyclic) bond motifs is 1. The summed E-state index contributed by atoms with van der Waals surface area (Å²) >= 11 is 0. The summed E-state index contributed by atoms with van der Waals surface area (Å²) in [6.07, 6.45) is 0. The van der Waals surface area contributed by atoms with Crippen LogP contribution in [0.5, 0.6) is 0 Å². The van der Waals surface area contributed by atoms with E-state index in [9.17, 15) is 4.79 Å². The van der Waals surface area contributed by atoms with Gasteiger partial charge in [0.2, 0.25) is 0 Å². The van der Waals surface area contributed by atoms with Gasteiger partial charge >= 0.3 is 5.97 Å². The van der Waals surface area contributed by atoms with Crippen LogP contribution in [0.4, 0.5) is 5.82 Å². The predicted molar refractivity (Wildman–Crippen MR) is 63.0 cm³/mol. The highest BCUT2D eigenvalue weighted by molar-refractivity contribution is 5.93. The van der Waals surface area contributed by atoms with E-state index in [2.05, 4.69) is 4.98 Å². The molecule has 0 amide bonds. The van der Waals surface area contributed by atoms with Crippen molar-refractivity contribution in [3.05, 3.63) is 35.9 Å². The molecule has 0 bridgehead atoms. The van der Waals surface area contributed by atoms with Crippen molar-refractivity contribution in [3.8, 4) is 0 Å². The molecule has 1 heterocycles. The molecular weight excluding hydrogens is 204 g/mol. The van der Waals surface area contributed by atoms with Crippen molar-refractivity contribution in [1.29, 1.82) is 0 Å². The van der Waals surface area contributed by atoms with Gasteiger partial charge in [0.15, 0.2) is 0 Å². The Morgan fingerprint density at radius 1 is 1.25 bits per heavy atom. The largest absolute Gasteiger partial charge is 0.478 e. The van der Waals surface area contributed by atoms with Crippen molar-refractivity contribution < 1.29 is 9.90 Å². The Morgan fingerprint density at radius 3 is 2.62 bits per heavy atom. The number of carboxylic acid groups (broad SMARTS) is 1. The van der Waals surface area contributed by atoms with Crippen molar-refractivity contribution in [3.63, 3.8) is 0 Å². The lowest BCUT2D eigenvalue weighted by Crippen LogP contribution is -2.10. The van der Waals surface area contributed by atoms with E-state index in [1.165, 1.54) is 0 Å². The molecule has 2 aromatic rings. The zero-order valence-electron chi connectivity index (χ0n) is 9.14. The first-order valence-corrected chi connectivity index (χ1v) is 4.89. The number of anilines is 1. The molecule has 0 radical (unpaired) electrons. The fourth-order valence-corrected chi connectivity index (χ4v) is 1.50. The number of pyridine rings is 1. The molecule has 1 aromatic carbocycles. The van der Waals surface area contributed by atoms with Gasteiger partial charge < -0.3 is 10.0 Å². The predicted octanol–water partition coefficient (Wildman–Crippen LogP) is 2.00. The molecule has 0 aliphatic carbocycles. The van der Waals surface area contributed by atoms with Gasteiger partial charge in [-0.25, -0.2) is 9.78 Å². The first-order valence-electron chi connectivity index (χ1n) is 4.89. The summed E-state index contributed by atoms with van der Waals surface area (Å²) in [6, 6.07) is 8.67. The molecule has 0 aliphatic heterocycles. The summed E-state index contributed by atoms with van der Waals surface area (Å²) < 4.78 is 0. The van der Waals surface area contributed by atoms with Gasteiger partial charge in [0.05, 0.1) is 11.1 Å². The molecule has 82 valence electrons. The maximum atomic E-state index is 10.8. The number of hydrogen-bond acceptors (Lipinski definition) is 3. The molecule has 4 nitrogen and oxygen atoms in total. The van der Waals surface area contributed by atoms with E-state index < -0.39 is 5.97 Å². The smallest absolute Gasteiger partial charge is 0.335 e. The third-order valence-corrected chi connectivity index (χ3v) is 2.38. The minimum Gasteiger partial charge on any atom is -0.478 e. The number of rotatable bonds is 2. The molecule has 0 spiro atoms. The second-order valence-electron chi connectivity index (χ2n) is 3.78. The molecule has 0 saturated heterocycles. The van der Waals surface area contributed by atoms with E-state index in [-0.39, 0.29) is 5.56 Å². The van der Waals surface area contributed by atoms with Gasteiger partial charge in [-0.15, -0.1) is 0 Å². The third kappa shape index (κ3) is 1.82. The van der Waals surface area contributed by atoms with Crippen LogP contribution in [-0.4, -0.2) is 30.2 Å². The van der Waals surface area contributed by atoms with Gasteiger partial charge in [-0.3, -0.25) is 0 Å². The monoisotopic (exact) mass is 216 g/mol. The molecule has 0 saturated carbocycles. The summed E-state index contributed by atoms with van der Waals surface area (Å²) in [4.78, 5) is 17.1. The standard InChI is InChI=1S/C12H12N2O2/c1-14(2)11-6-4-8-7-9(12(15)16)3-5-10(8)13-11/h3-7H,1-2H3,(H,15,16). The highest BCUT2D eigenvalue weighted by Crippen LogP contribution is 2.18. The summed E-state index contributed by atoms with van der Waals surface area (Å²) in [5, 5.41) is 9.70. The van der Waals surface area contributed by atoms with Crippen LogP contribution in [-0.2, 0) is 0 Å². The van der Waals surface area contributed by atoms with E-state index >= 15 is 0 Å². The van der Waals surface area contributed by atoms with Crippen LogP contribution in [0, 0.1) is 0 Å². The summed E-state index contributed by atoms with van der Waals surface area (Å²) in [5.41, 5.74) is 1.09. The zero-order valence-corrected chi connectivity index (χ0v) is 9.14. The number of hydrogen-bond donors (Lipinski definition) is 1. The Labute approximate surface area is 93.1 Å². The quantitative estimate of drug-likeness (QED) is 0.834. The van der Waals surface area contributed by atoms with Gasteiger partial charge in [0.25, 0.3) is 0 Å². The van der Waals surface area contributed by atoms with Crippen LogP contribution in [0.25, 0.3) is 10.9 Å². The second kappa shape index (κ2) is 3.81. The maximum Gasteiger partial charge on any atom is 0.335 e. The highest BCUT2D eigenvalue weighted by atomic mass is 16.4. The average Bonchev–Trinajstić information content (AvgIpc) is 2.27. The molecule has 2 rings (SSSR count). The van der Waals surface area contributed by atoms with Crippen molar-refractivity contribution in [2.24, 2.45) is 0 Å². The van der Waals surface area contributed by atoms with Gasteiger partial charge in [-0.05, 0) is 30.3 Å². The molecular formula is C12H12N2O2. The van der Waals surface area contributed by atoms with Crippen LogP contribution >= 0.6 is 0 Å². The van der Waals surface area contributed by atoms with Crippen molar-refractivity contribution in [2.75, 3.05) is 19.0 Å². The molecule has 0 aliphatic rings. The van der Waals surface area contributed by atoms with Crippen LogP contribution in [0.3, 0.4) is 0 Å².